The smallest absolute Gasteiger partial charge is 0.275 e. The molecule has 3 N–H and O–H groups in total. The standard InChI is InChI=1S/C9H9F2N3O3/c1-4(9(12)15)13-8-6(10)2-5(14(16)17)3-7(8)11/h2-4,13H,1H3,(H2,12,15). The molecule has 6 nitrogen and oxygen atoms in total. The van der Waals surface area contributed by atoms with Crippen LogP contribution in [0.4, 0.5) is 20.2 Å². The molecule has 1 amide bonds. The second-order valence-electron chi connectivity index (χ2n) is 3.31. The first-order valence-electron chi connectivity index (χ1n) is 4.52. The van der Waals surface area contributed by atoms with Gasteiger partial charge in [-0.2, -0.15) is 0 Å². The number of nitro groups is 1. The minimum absolute atomic E-state index is 0.555. The van der Waals surface area contributed by atoms with E-state index in [1.807, 2.05) is 0 Å². The van der Waals surface area contributed by atoms with Crippen molar-refractivity contribution in [1.82, 2.24) is 0 Å². The maximum Gasteiger partial charge on any atom is 0.275 e. The quantitative estimate of drug-likeness (QED) is 0.614. The van der Waals surface area contributed by atoms with E-state index in [2.05, 4.69) is 5.32 Å². The van der Waals surface area contributed by atoms with Gasteiger partial charge in [-0.3, -0.25) is 14.9 Å². The molecule has 17 heavy (non-hydrogen) atoms. The van der Waals surface area contributed by atoms with Crippen LogP contribution in [-0.4, -0.2) is 16.9 Å². The number of halogens is 2. The second-order valence-corrected chi connectivity index (χ2v) is 3.31. The molecule has 0 aliphatic rings. The normalized spacial score (nSPS) is 11.9. The Kier molecular flexibility index (Phi) is 3.56. The summed E-state index contributed by atoms with van der Waals surface area (Å²) in [6, 6.07) is 0.110. The molecule has 0 aliphatic heterocycles. The molecule has 0 aromatic heterocycles. The van der Waals surface area contributed by atoms with Crippen LogP contribution in [0.3, 0.4) is 0 Å². The van der Waals surface area contributed by atoms with Crippen LogP contribution in [0, 0.1) is 21.7 Å². The van der Waals surface area contributed by atoms with Crippen LogP contribution in [0.5, 0.6) is 0 Å². The summed E-state index contributed by atoms with van der Waals surface area (Å²) in [6.07, 6.45) is 0. The maximum atomic E-state index is 13.3. The average molecular weight is 245 g/mol. The largest absolute Gasteiger partial charge is 0.369 e. The van der Waals surface area contributed by atoms with Crippen LogP contribution in [0.2, 0.25) is 0 Å². The number of anilines is 1. The van der Waals surface area contributed by atoms with Crippen molar-refractivity contribution in [3.8, 4) is 0 Å². The Morgan fingerprint density at radius 2 is 1.94 bits per heavy atom. The molecule has 92 valence electrons. The Morgan fingerprint density at radius 1 is 1.47 bits per heavy atom. The molecular weight excluding hydrogens is 236 g/mol. The second kappa shape index (κ2) is 4.73. The summed E-state index contributed by atoms with van der Waals surface area (Å²) in [5.41, 5.74) is 3.57. The van der Waals surface area contributed by atoms with Crippen molar-refractivity contribution in [2.24, 2.45) is 5.73 Å². The van der Waals surface area contributed by atoms with E-state index in [4.69, 9.17) is 5.73 Å². The molecule has 0 saturated carbocycles. The summed E-state index contributed by atoms with van der Waals surface area (Å²) in [4.78, 5) is 20.1. The number of carbonyl (C=O) groups excluding carboxylic acids is 1. The number of carbonyl (C=O) groups is 1. The Labute approximate surface area is 94.6 Å². The summed E-state index contributed by atoms with van der Waals surface area (Å²) in [6.45, 7) is 1.31. The molecule has 0 heterocycles. The van der Waals surface area contributed by atoms with Crippen LogP contribution in [0.1, 0.15) is 6.92 Å². The third-order valence-corrected chi connectivity index (χ3v) is 2.03. The number of nitro benzene ring substituents is 1. The summed E-state index contributed by atoms with van der Waals surface area (Å²) < 4.78 is 26.7. The number of rotatable bonds is 4. The van der Waals surface area contributed by atoms with Gasteiger partial charge in [0.1, 0.15) is 11.7 Å². The topological polar surface area (TPSA) is 98.3 Å². The first-order valence-corrected chi connectivity index (χ1v) is 4.52. The fourth-order valence-corrected chi connectivity index (χ4v) is 1.09. The summed E-state index contributed by atoms with van der Waals surface area (Å²) in [5, 5.41) is 12.5. The number of non-ortho nitro benzene ring substituents is 1. The fraction of sp³-hybridized carbons (Fsp3) is 0.222. The van der Waals surface area contributed by atoms with Gasteiger partial charge in [0.15, 0.2) is 11.6 Å². The predicted molar refractivity (Wildman–Crippen MR) is 55.3 cm³/mol. The van der Waals surface area contributed by atoms with Crippen LogP contribution < -0.4 is 11.1 Å². The lowest BCUT2D eigenvalue weighted by molar-refractivity contribution is -0.385. The van der Waals surface area contributed by atoms with Gasteiger partial charge in [0, 0.05) is 0 Å². The maximum absolute atomic E-state index is 13.3. The minimum Gasteiger partial charge on any atom is -0.369 e. The summed E-state index contributed by atoms with van der Waals surface area (Å²) >= 11 is 0. The van der Waals surface area contributed by atoms with Crippen molar-refractivity contribution >= 4 is 17.3 Å². The van der Waals surface area contributed by atoms with Crippen molar-refractivity contribution < 1.29 is 18.5 Å². The van der Waals surface area contributed by atoms with Gasteiger partial charge in [-0.05, 0) is 6.92 Å². The zero-order chi connectivity index (χ0) is 13.2. The molecule has 0 saturated heterocycles. The SMILES string of the molecule is CC(Nc1c(F)cc([N+](=O)[O-])cc1F)C(N)=O. The highest BCUT2D eigenvalue weighted by Gasteiger charge is 2.19. The number of nitrogens with one attached hydrogen (secondary N) is 1. The molecule has 0 bridgehead atoms. The highest BCUT2D eigenvalue weighted by atomic mass is 19.1. The molecule has 0 fully saturated rings. The predicted octanol–water partition coefficient (Wildman–Crippen LogP) is 1.16. The number of nitrogens with two attached hydrogens (primary N) is 1. The third-order valence-electron chi connectivity index (χ3n) is 2.03. The van der Waals surface area contributed by atoms with E-state index >= 15 is 0 Å². The van der Waals surface area contributed by atoms with E-state index in [1.54, 1.807) is 0 Å². The summed E-state index contributed by atoms with van der Waals surface area (Å²) in [7, 11) is 0. The third kappa shape index (κ3) is 2.86. The van der Waals surface area contributed by atoms with E-state index in [0.29, 0.717) is 12.1 Å². The molecule has 1 unspecified atom stereocenters. The zero-order valence-corrected chi connectivity index (χ0v) is 8.74. The number of hydrogen-bond acceptors (Lipinski definition) is 4. The molecule has 0 aliphatic carbocycles. The molecule has 1 aromatic carbocycles. The number of amides is 1. The molecule has 1 atom stereocenters. The lowest BCUT2D eigenvalue weighted by Gasteiger charge is -2.12. The number of hydrogen-bond donors (Lipinski definition) is 2. The van der Waals surface area contributed by atoms with E-state index < -0.39 is 39.9 Å². The van der Waals surface area contributed by atoms with Gasteiger partial charge in [0.25, 0.3) is 5.69 Å². The van der Waals surface area contributed by atoms with Crippen molar-refractivity contribution in [3.63, 3.8) is 0 Å². The minimum atomic E-state index is -1.16. The van der Waals surface area contributed by atoms with Gasteiger partial charge in [0.05, 0.1) is 17.1 Å². The highest BCUT2D eigenvalue weighted by molar-refractivity contribution is 5.82. The van der Waals surface area contributed by atoms with Gasteiger partial charge < -0.3 is 11.1 Å². The van der Waals surface area contributed by atoms with E-state index in [-0.39, 0.29) is 0 Å². The molecule has 1 aromatic rings. The van der Waals surface area contributed by atoms with Crippen molar-refractivity contribution in [2.75, 3.05) is 5.32 Å². The monoisotopic (exact) mass is 245 g/mol. The Morgan fingerprint density at radius 3 is 2.29 bits per heavy atom. The van der Waals surface area contributed by atoms with Crippen LogP contribution in [0.15, 0.2) is 12.1 Å². The van der Waals surface area contributed by atoms with E-state index in [0.717, 1.165) is 0 Å². The van der Waals surface area contributed by atoms with E-state index in [9.17, 15) is 23.7 Å². The first-order chi connectivity index (χ1) is 7.82. The van der Waals surface area contributed by atoms with Crippen LogP contribution in [-0.2, 0) is 4.79 Å². The van der Waals surface area contributed by atoms with Gasteiger partial charge in [-0.15, -0.1) is 0 Å². The molecule has 0 spiro atoms. The Bertz CT molecular complexity index is 456. The van der Waals surface area contributed by atoms with Crippen molar-refractivity contribution in [2.45, 2.75) is 13.0 Å². The average Bonchev–Trinajstić information content (AvgIpc) is 2.22. The lowest BCUT2D eigenvalue weighted by atomic mass is 10.2. The number of benzene rings is 1. The van der Waals surface area contributed by atoms with Gasteiger partial charge in [-0.25, -0.2) is 8.78 Å². The lowest BCUT2D eigenvalue weighted by Crippen LogP contribution is -2.33. The molecule has 1 rings (SSSR count). The summed E-state index contributed by atoms with van der Waals surface area (Å²) in [5.74, 6) is -3.13. The van der Waals surface area contributed by atoms with Gasteiger partial charge in [-0.1, -0.05) is 0 Å². The van der Waals surface area contributed by atoms with Gasteiger partial charge >= 0.3 is 0 Å². The van der Waals surface area contributed by atoms with E-state index in [1.165, 1.54) is 6.92 Å². The molecular formula is C9H9F2N3O3. The molecule has 0 radical (unpaired) electrons. The van der Waals surface area contributed by atoms with Crippen molar-refractivity contribution in [3.05, 3.63) is 33.9 Å². The number of primary amides is 1. The number of nitrogens with zero attached hydrogens (tertiary/aromatic N) is 1. The molecule has 8 heteroatoms. The van der Waals surface area contributed by atoms with Crippen LogP contribution >= 0.6 is 0 Å². The first kappa shape index (κ1) is 12.8. The Hall–Kier alpha value is -2.25. The zero-order valence-electron chi connectivity index (χ0n) is 8.74. The highest BCUT2D eigenvalue weighted by Crippen LogP contribution is 2.25. The van der Waals surface area contributed by atoms with Crippen LogP contribution in [0.25, 0.3) is 0 Å². The fourth-order valence-electron chi connectivity index (χ4n) is 1.09. The van der Waals surface area contributed by atoms with Gasteiger partial charge in [0.2, 0.25) is 5.91 Å². The Balaban J connectivity index is 3.10. The van der Waals surface area contributed by atoms with Crippen molar-refractivity contribution in [1.29, 1.82) is 0 Å².